The van der Waals surface area contributed by atoms with Crippen molar-refractivity contribution < 1.29 is 9.53 Å². The molecule has 0 bridgehead atoms. The number of fused-ring (bicyclic) bond motifs is 1. The lowest BCUT2D eigenvalue weighted by atomic mass is 10.1. The number of hydrogen-bond donors (Lipinski definition) is 2. The second kappa shape index (κ2) is 9.21. The van der Waals surface area contributed by atoms with Crippen molar-refractivity contribution in [3.8, 4) is 5.75 Å². The van der Waals surface area contributed by atoms with Gasteiger partial charge in [-0.1, -0.05) is 31.5 Å². The highest BCUT2D eigenvalue weighted by atomic mass is 16.5. The number of aromatic nitrogens is 3. The van der Waals surface area contributed by atoms with E-state index in [0.717, 1.165) is 35.4 Å². The van der Waals surface area contributed by atoms with E-state index in [1.54, 1.807) is 13.2 Å². The molecule has 2 heterocycles. The Labute approximate surface area is 192 Å². The largest absolute Gasteiger partial charge is 0.496 e. The second-order valence-electron chi connectivity index (χ2n) is 9.15. The maximum atomic E-state index is 13.2. The summed E-state index contributed by atoms with van der Waals surface area (Å²) in [5.41, 5.74) is 2.33. The van der Waals surface area contributed by atoms with Crippen LogP contribution in [0.25, 0.3) is 11.0 Å². The second-order valence-corrected chi connectivity index (χ2v) is 9.15. The molecule has 2 aromatic heterocycles. The smallest absolute Gasteiger partial charge is 0.330 e. The number of methoxy groups -OCH3 is 1. The third-order valence-corrected chi connectivity index (χ3v) is 5.87. The van der Waals surface area contributed by atoms with E-state index in [1.807, 2.05) is 39.0 Å². The Morgan fingerprint density at radius 1 is 1.27 bits per heavy atom. The molecule has 2 N–H and O–H groups in total. The summed E-state index contributed by atoms with van der Waals surface area (Å²) in [6.07, 6.45) is 2.57. The van der Waals surface area contributed by atoms with Crippen molar-refractivity contribution in [1.82, 2.24) is 19.9 Å². The standard InChI is InChI=1S/C25H30N4O4/c1-14(2)13-29-22-21(24(31)28-25(29)32)18(12-19(27-22)16-6-7-16)23(30)26-10-9-17-11-15(3)5-8-20(17)33-4/h5,8,11-12,14,16H,6-7,9-10,13H2,1-4H3,(H,26,30)(H,28,31,32). The zero-order chi connectivity index (χ0) is 23.7. The van der Waals surface area contributed by atoms with Gasteiger partial charge in [0.25, 0.3) is 11.5 Å². The van der Waals surface area contributed by atoms with Gasteiger partial charge < -0.3 is 10.1 Å². The van der Waals surface area contributed by atoms with Crippen LogP contribution in [0, 0.1) is 12.8 Å². The van der Waals surface area contributed by atoms with Crippen LogP contribution in [0.2, 0.25) is 0 Å². The first kappa shape index (κ1) is 22.8. The maximum absolute atomic E-state index is 13.2. The normalized spacial score (nSPS) is 13.5. The van der Waals surface area contributed by atoms with Gasteiger partial charge in [0.1, 0.15) is 5.75 Å². The van der Waals surface area contributed by atoms with Crippen molar-refractivity contribution in [2.75, 3.05) is 13.7 Å². The molecule has 0 unspecified atom stereocenters. The van der Waals surface area contributed by atoms with Crippen molar-refractivity contribution in [3.05, 3.63) is 67.5 Å². The fourth-order valence-corrected chi connectivity index (χ4v) is 4.10. The SMILES string of the molecule is COc1ccc(C)cc1CCNC(=O)c1cc(C2CC2)nc2c1c(=O)[nH]c(=O)n2CC(C)C. The molecule has 1 aromatic carbocycles. The lowest BCUT2D eigenvalue weighted by Gasteiger charge is -2.15. The first-order valence-electron chi connectivity index (χ1n) is 11.4. The van der Waals surface area contributed by atoms with E-state index in [4.69, 9.17) is 4.74 Å². The van der Waals surface area contributed by atoms with E-state index < -0.39 is 11.2 Å². The molecule has 0 spiro atoms. The summed E-state index contributed by atoms with van der Waals surface area (Å²) in [5, 5.41) is 3.09. The van der Waals surface area contributed by atoms with Crippen molar-refractivity contribution in [3.63, 3.8) is 0 Å². The number of ether oxygens (including phenoxy) is 1. The van der Waals surface area contributed by atoms with Gasteiger partial charge in [-0.25, -0.2) is 9.78 Å². The molecule has 1 aliphatic rings. The number of rotatable bonds is 8. The minimum absolute atomic E-state index is 0.158. The Bertz CT molecular complexity index is 1320. The number of carbonyl (C=O) groups excluding carboxylic acids is 1. The minimum Gasteiger partial charge on any atom is -0.496 e. The van der Waals surface area contributed by atoms with Gasteiger partial charge in [0.2, 0.25) is 0 Å². The van der Waals surface area contributed by atoms with Crippen LogP contribution in [-0.4, -0.2) is 34.1 Å². The average molecular weight is 451 g/mol. The van der Waals surface area contributed by atoms with Crippen LogP contribution in [0.15, 0.2) is 33.9 Å². The molecule has 0 atom stereocenters. The van der Waals surface area contributed by atoms with Gasteiger partial charge in [-0.05, 0) is 49.8 Å². The maximum Gasteiger partial charge on any atom is 0.330 e. The molecule has 1 aliphatic carbocycles. The summed E-state index contributed by atoms with van der Waals surface area (Å²) in [7, 11) is 1.62. The quantitative estimate of drug-likeness (QED) is 0.549. The summed E-state index contributed by atoms with van der Waals surface area (Å²) in [4.78, 5) is 45.6. The number of hydrogen-bond acceptors (Lipinski definition) is 5. The van der Waals surface area contributed by atoms with Gasteiger partial charge in [-0.3, -0.25) is 19.1 Å². The Balaban J connectivity index is 1.69. The summed E-state index contributed by atoms with van der Waals surface area (Å²) in [6, 6.07) is 7.64. The van der Waals surface area contributed by atoms with E-state index in [2.05, 4.69) is 15.3 Å². The summed E-state index contributed by atoms with van der Waals surface area (Å²) in [6.45, 7) is 6.77. The third-order valence-electron chi connectivity index (χ3n) is 5.87. The number of nitrogens with one attached hydrogen (secondary N) is 2. The van der Waals surface area contributed by atoms with E-state index in [-0.39, 0.29) is 34.3 Å². The molecule has 0 aliphatic heterocycles. The highest BCUT2D eigenvalue weighted by Crippen LogP contribution is 2.39. The van der Waals surface area contributed by atoms with Gasteiger partial charge >= 0.3 is 5.69 Å². The molecule has 1 amide bonds. The number of benzene rings is 1. The van der Waals surface area contributed by atoms with Crippen molar-refractivity contribution >= 4 is 16.9 Å². The van der Waals surface area contributed by atoms with Gasteiger partial charge in [0.15, 0.2) is 5.65 Å². The molecule has 1 saturated carbocycles. The van der Waals surface area contributed by atoms with Crippen molar-refractivity contribution in [1.29, 1.82) is 0 Å². The van der Waals surface area contributed by atoms with E-state index >= 15 is 0 Å². The Hall–Kier alpha value is -3.42. The Morgan fingerprint density at radius 3 is 2.70 bits per heavy atom. The van der Waals surface area contributed by atoms with Gasteiger partial charge in [0.05, 0.1) is 18.1 Å². The molecule has 33 heavy (non-hydrogen) atoms. The summed E-state index contributed by atoms with van der Waals surface area (Å²) < 4.78 is 6.90. The predicted octanol–water partition coefficient (Wildman–Crippen LogP) is 2.91. The summed E-state index contributed by atoms with van der Waals surface area (Å²) >= 11 is 0. The molecule has 4 rings (SSSR count). The lowest BCUT2D eigenvalue weighted by molar-refractivity contribution is 0.0955. The number of H-pyrrole nitrogens is 1. The summed E-state index contributed by atoms with van der Waals surface area (Å²) in [5.74, 6) is 0.856. The van der Waals surface area contributed by atoms with Crippen molar-refractivity contribution in [2.45, 2.75) is 52.5 Å². The highest BCUT2D eigenvalue weighted by Gasteiger charge is 2.28. The Kier molecular flexibility index (Phi) is 6.35. The molecular formula is C25H30N4O4. The molecule has 8 heteroatoms. The van der Waals surface area contributed by atoms with Crippen LogP contribution in [0.4, 0.5) is 0 Å². The number of aromatic amines is 1. The fraction of sp³-hybridized carbons (Fsp3) is 0.440. The minimum atomic E-state index is -0.588. The highest BCUT2D eigenvalue weighted by molar-refractivity contribution is 6.05. The average Bonchev–Trinajstić information content (AvgIpc) is 3.61. The number of amides is 1. The molecular weight excluding hydrogens is 420 g/mol. The number of carbonyl (C=O) groups is 1. The molecule has 8 nitrogen and oxygen atoms in total. The molecule has 0 radical (unpaired) electrons. The molecule has 3 aromatic rings. The number of aryl methyl sites for hydroxylation is 1. The Morgan fingerprint density at radius 2 is 2.03 bits per heavy atom. The van der Waals surface area contributed by atoms with E-state index in [9.17, 15) is 14.4 Å². The molecule has 174 valence electrons. The van der Waals surface area contributed by atoms with Gasteiger partial charge in [-0.2, -0.15) is 0 Å². The van der Waals surface area contributed by atoms with Crippen molar-refractivity contribution in [2.24, 2.45) is 5.92 Å². The number of pyridine rings is 1. The monoisotopic (exact) mass is 450 g/mol. The van der Waals surface area contributed by atoms with Crippen LogP contribution >= 0.6 is 0 Å². The zero-order valence-corrected chi connectivity index (χ0v) is 19.5. The van der Waals surface area contributed by atoms with Crippen LogP contribution in [-0.2, 0) is 13.0 Å². The van der Waals surface area contributed by atoms with Crippen LogP contribution in [0.3, 0.4) is 0 Å². The van der Waals surface area contributed by atoms with E-state index in [0.29, 0.717) is 19.5 Å². The van der Waals surface area contributed by atoms with Gasteiger partial charge in [0, 0.05) is 24.7 Å². The first-order valence-corrected chi connectivity index (χ1v) is 11.4. The van der Waals surface area contributed by atoms with E-state index in [1.165, 1.54) is 4.57 Å². The molecule has 1 fully saturated rings. The van der Waals surface area contributed by atoms with Crippen LogP contribution in [0.1, 0.15) is 59.8 Å². The first-order chi connectivity index (χ1) is 15.8. The topological polar surface area (TPSA) is 106 Å². The van der Waals surface area contributed by atoms with Crippen LogP contribution in [0.5, 0.6) is 5.75 Å². The third kappa shape index (κ3) is 4.84. The molecule has 0 saturated heterocycles. The fourth-order valence-electron chi connectivity index (χ4n) is 4.10. The number of nitrogens with zero attached hydrogens (tertiary/aromatic N) is 2. The predicted molar refractivity (Wildman–Crippen MR) is 127 cm³/mol. The van der Waals surface area contributed by atoms with Crippen LogP contribution < -0.4 is 21.3 Å². The zero-order valence-electron chi connectivity index (χ0n) is 19.5. The lowest BCUT2D eigenvalue weighted by Crippen LogP contribution is -2.34. The van der Waals surface area contributed by atoms with Gasteiger partial charge in [-0.15, -0.1) is 0 Å².